The summed E-state index contributed by atoms with van der Waals surface area (Å²) in [4.78, 5) is 6.60. The largest absolute Gasteiger partial charge is 0.370 e. The first-order valence-electron chi connectivity index (χ1n) is 6.57. The maximum absolute atomic E-state index is 13.5. The molecule has 2 aliphatic carbocycles. The Hall–Kier alpha value is -0.370. The second-order valence-electron chi connectivity index (χ2n) is 5.41. The number of nitrogens with two attached hydrogens (primary N) is 1. The molecule has 3 rings (SSSR count). The van der Waals surface area contributed by atoms with Crippen molar-refractivity contribution in [1.29, 1.82) is 0 Å². The fourth-order valence-corrected chi connectivity index (χ4v) is 2.58. The van der Waals surface area contributed by atoms with Crippen LogP contribution in [0.5, 0.6) is 0 Å². The molecule has 0 radical (unpaired) electrons. The second kappa shape index (κ2) is 6.17. The van der Waals surface area contributed by atoms with Gasteiger partial charge in [-0.3, -0.25) is 0 Å². The molecule has 2 atom stereocenters. The quantitative estimate of drug-likeness (QED) is 0.432. The van der Waals surface area contributed by atoms with Crippen LogP contribution in [0.3, 0.4) is 0 Å². The van der Waals surface area contributed by atoms with E-state index in [9.17, 15) is 4.39 Å². The van der Waals surface area contributed by atoms with Crippen molar-refractivity contribution in [2.45, 2.75) is 37.3 Å². The third-order valence-electron chi connectivity index (χ3n) is 3.88. The van der Waals surface area contributed by atoms with Crippen molar-refractivity contribution in [1.82, 2.24) is 4.90 Å². The van der Waals surface area contributed by atoms with Gasteiger partial charge in [-0.15, -0.1) is 24.0 Å². The summed E-state index contributed by atoms with van der Waals surface area (Å²) in [7, 11) is 1.99. The van der Waals surface area contributed by atoms with Gasteiger partial charge in [-0.2, -0.15) is 0 Å². The normalized spacial score (nSPS) is 25.1. The van der Waals surface area contributed by atoms with E-state index in [0.717, 1.165) is 12.0 Å². The average molecular weight is 454 g/mol. The minimum absolute atomic E-state index is 0. The predicted octanol–water partition coefficient (Wildman–Crippen LogP) is 3.47. The van der Waals surface area contributed by atoms with Gasteiger partial charge in [0.1, 0.15) is 5.82 Å². The first kappa shape index (κ1) is 16.0. The SMILES string of the molecule is CN(C(N)=N[C@@H]1C[C@H]1c1ccc(Br)c(F)c1)C1CC1.I. The van der Waals surface area contributed by atoms with Crippen LogP contribution in [0.2, 0.25) is 0 Å². The van der Waals surface area contributed by atoms with E-state index in [4.69, 9.17) is 5.73 Å². The number of guanidine groups is 1. The van der Waals surface area contributed by atoms with E-state index < -0.39 is 0 Å². The maximum Gasteiger partial charge on any atom is 0.191 e. The summed E-state index contributed by atoms with van der Waals surface area (Å²) < 4.78 is 14.0. The average Bonchev–Trinajstić information content (AvgIpc) is 3.24. The number of hydrogen-bond donors (Lipinski definition) is 1. The molecule has 0 bridgehead atoms. The minimum atomic E-state index is -0.213. The number of aliphatic imine (C=N–C) groups is 1. The second-order valence-corrected chi connectivity index (χ2v) is 6.27. The molecule has 0 saturated heterocycles. The van der Waals surface area contributed by atoms with Gasteiger partial charge in [0.25, 0.3) is 0 Å². The molecule has 20 heavy (non-hydrogen) atoms. The molecule has 1 aromatic rings. The van der Waals surface area contributed by atoms with Crippen LogP contribution in [-0.4, -0.2) is 30.0 Å². The monoisotopic (exact) mass is 453 g/mol. The Morgan fingerprint density at radius 2 is 2.15 bits per heavy atom. The zero-order chi connectivity index (χ0) is 13.6. The molecule has 110 valence electrons. The molecule has 0 amide bonds. The summed E-state index contributed by atoms with van der Waals surface area (Å²) in [5, 5.41) is 0. The molecule has 0 unspecified atom stereocenters. The van der Waals surface area contributed by atoms with E-state index in [2.05, 4.69) is 25.8 Å². The first-order valence-corrected chi connectivity index (χ1v) is 7.36. The van der Waals surface area contributed by atoms with Crippen molar-refractivity contribution < 1.29 is 4.39 Å². The highest BCUT2D eigenvalue weighted by Crippen LogP contribution is 2.44. The lowest BCUT2D eigenvalue weighted by atomic mass is 10.1. The minimum Gasteiger partial charge on any atom is -0.370 e. The van der Waals surface area contributed by atoms with Crippen LogP contribution < -0.4 is 5.73 Å². The Morgan fingerprint density at radius 1 is 1.45 bits per heavy atom. The molecule has 6 heteroatoms. The van der Waals surface area contributed by atoms with E-state index in [-0.39, 0.29) is 35.8 Å². The van der Waals surface area contributed by atoms with E-state index in [0.29, 0.717) is 22.4 Å². The summed E-state index contributed by atoms with van der Waals surface area (Å²) >= 11 is 3.17. The van der Waals surface area contributed by atoms with Crippen molar-refractivity contribution >= 4 is 45.9 Å². The van der Waals surface area contributed by atoms with Gasteiger partial charge in [0.2, 0.25) is 0 Å². The zero-order valence-corrected chi connectivity index (χ0v) is 15.1. The summed E-state index contributed by atoms with van der Waals surface area (Å²) in [6.45, 7) is 0. The lowest BCUT2D eigenvalue weighted by Crippen LogP contribution is -2.36. The molecule has 3 nitrogen and oxygen atoms in total. The van der Waals surface area contributed by atoms with Gasteiger partial charge in [-0.25, -0.2) is 9.38 Å². The Bertz CT molecular complexity index is 533. The Kier molecular flexibility index (Phi) is 4.94. The predicted molar refractivity (Wildman–Crippen MR) is 93.1 cm³/mol. The summed E-state index contributed by atoms with van der Waals surface area (Å²) in [6.07, 6.45) is 3.37. The highest BCUT2D eigenvalue weighted by Gasteiger charge is 2.39. The maximum atomic E-state index is 13.5. The van der Waals surface area contributed by atoms with Crippen molar-refractivity contribution in [2.24, 2.45) is 10.7 Å². The summed E-state index contributed by atoms with van der Waals surface area (Å²) in [5.74, 6) is 0.719. The Morgan fingerprint density at radius 3 is 2.75 bits per heavy atom. The number of benzene rings is 1. The molecule has 1 aromatic carbocycles. The zero-order valence-electron chi connectivity index (χ0n) is 11.2. The number of rotatable bonds is 3. The van der Waals surface area contributed by atoms with Crippen LogP contribution in [0.4, 0.5) is 4.39 Å². The summed E-state index contributed by atoms with van der Waals surface area (Å²) in [5.41, 5.74) is 7.00. The third-order valence-corrected chi connectivity index (χ3v) is 4.53. The Labute approximate surface area is 144 Å². The number of hydrogen-bond acceptors (Lipinski definition) is 1. The van der Waals surface area contributed by atoms with Gasteiger partial charge in [0, 0.05) is 19.0 Å². The molecule has 2 fully saturated rings. The van der Waals surface area contributed by atoms with Gasteiger partial charge in [0.05, 0.1) is 10.5 Å². The van der Waals surface area contributed by atoms with Crippen LogP contribution in [-0.2, 0) is 0 Å². The van der Waals surface area contributed by atoms with E-state index in [1.54, 1.807) is 12.1 Å². The van der Waals surface area contributed by atoms with Gasteiger partial charge in [-0.1, -0.05) is 6.07 Å². The summed E-state index contributed by atoms with van der Waals surface area (Å²) in [6, 6.07) is 6.08. The van der Waals surface area contributed by atoms with E-state index in [1.807, 2.05) is 13.1 Å². The Balaban J connectivity index is 0.00000147. The van der Waals surface area contributed by atoms with Crippen molar-refractivity contribution in [3.8, 4) is 0 Å². The lowest BCUT2D eigenvalue weighted by molar-refractivity contribution is 0.487. The topological polar surface area (TPSA) is 41.6 Å². The highest BCUT2D eigenvalue weighted by atomic mass is 127. The molecule has 0 aromatic heterocycles. The molecule has 0 heterocycles. The fourth-order valence-electron chi connectivity index (χ4n) is 2.34. The van der Waals surface area contributed by atoms with Crippen LogP contribution >= 0.6 is 39.9 Å². The van der Waals surface area contributed by atoms with Crippen molar-refractivity contribution in [2.75, 3.05) is 7.05 Å². The molecular formula is C14H18BrFIN3. The highest BCUT2D eigenvalue weighted by molar-refractivity contribution is 14.0. The fraction of sp³-hybridized carbons (Fsp3) is 0.500. The van der Waals surface area contributed by atoms with Gasteiger partial charge < -0.3 is 10.6 Å². The molecule has 2 saturated carbocycles. The lowest BCUT2D eigenvalue weighted by Gasteiger charge is -2.16. The number of halogens is 3. The molecule has 2 aliphatic rings. The van der Waals surface area contributed by atoms with Crippen LogP contribution in [0.15, 0.2) is 27.7 Å². The molecular weight excluding hydrogens is 436 g/mol. The van der Waals surface area contributed by atoms with Gasteiger partial charge >= 0.3 is 0 Å². The smallest absolute Gasteiger partial charge is 0.191 e. The van der Waals surface area contributed by atoms with Gasteiger partial charge in [-0.05, 0) is 52.9 Å². The molecule has 0 spiro atoms. The van der Waals surface area contributed by atoms with Gasteiger partial charge in [0.15, 0.2) is 5.96 Å². The molecule has 2 N–H and O–H groups in total. The first-order chi connectivity index (χ1) is 9.06. The van der Waals surface area contributed by atoms with Crippen LogP contribution in [0, 0.1) is 5.82 Å². The number of nitrogens with zero attached hydrogens (tertiary/aromatic N) is 2. The van der Waals surface area contributed by atoms with Crippen LogP contribution in [0.1, 0.15) is 30.7 Å². The molecule has 0 aliphatic heterocycles. The standard InChI is InChI=1S/C14H17BrFN3.HI/c1-19(9-3-4-9)14(17)18-13-7-10(13)8-2-5-11(15)12(16)6-8;/h2,5-6,9-10,13H,3-4,7H2,1H3,(H2,17,18);1H/t10-,13+;/m0./s1. The van der Waals surface area contributed by atoms with E-state index >= 15 is 0 Å². The third kappa shape index (κ3) is 3.44. The van der Waals surface area contributed by atoms with Crippen molar-refractivity contribution in [3.63, 3.8) is 0 Å². The van der Waals surface area contributed by atoms with Crippen molar-refractivity contribution in [3.05, 3.63) is 34.1 Å². The van der Waals surface area contributed by atoms with Crippen LogP contribution in [0.25, 0.3) is 0 Å². The van der Waals surface area contributed by atoms with E-state index in [1.165, 1.54) is 12.8 Å².